The van der Waals surface area contributed by atoms with Crippen molar-refractivity contribution in [3.63, 3.8) is 0 Å². The highest BCUT2D eigenvalue weighted by atomic mass is 15.1. The Morgan fingerprint density at radius 3 is 2.26 bits per heavy atom. The molecule has 0 aromatic rings. The highest BCUT2D eigenvalue weighted by molar-refractivity contribution is 4.76. The average Bonchev–Trinajstić information content (AvgIpc) is 2.38. The molecule has 114 valence electrons. The molecule has 0 aromatic carbocycles. The van der Waals surface area contributed by atoms with Gasteiger partial charge in [0, 0.05) is 6.04 Å². The maximum absolute atomic E-state index is 5.72. The molecule has 0 radical (unpaired) electrons. The van der Waals surface area contributed by atoms with Crippen LogP contribution in [0.4, 0.5) is 0 Å². The molecule has 1 saturated carbocycles. The van der Waals surface area contributed by atoms with E-state index in [1.165, 1.54) is 51.5 Å². The third-order valence-corrected chi connectivity index (χ3v) is 5.17. The number of rotatable bonds is 8. The van der Waals surface area contributed by atoms with Gasteiger partial charge in [-0.25, -0.2) is 0 Å². The Morgan fingerprint density at radius 1 is 1.11 bits per heavy atom. The molecule has 0 aliphatic heterocycles. The Bertz CT molecular complexity index is 219. The van der Waals surface area contributed by atoms with E-state index in [1.807, 2.05) is 0 Å². The summed E-state index contributed by atoms with van der Waals surface area (Å²) in [7, 11) is 2.33. The fourth-order valence-electron chi connectivity index (χ4n) is 3.49. The summed E-state index contributed by atoms with van der Waals surface area (Å²) in [6, 6.07) is 0.850. The summed E-state index contributed by atoms with van der Waals surface area (Å²) in [4.78, 5) is 2.62. The van der Waals surface area contributed by atoms with Gasteiger partial charge in [0.25, 0.3) is 0 Å². The Morgan fingerprint density at radius 2 is 1.74 bits per heavy atom. The summed E-state index contributed by atoms with van der Waals surface area (Å²) in [5.74, 6) is 2.56. The number of hydrogen-bond donors (Lipinski definition) is 1. The van der Waals surface area contributed by atoms with Crippen molar-refractivity contribution in [1.29, 1.82) is 0 Å². The maximum Gasteiger partial charge on any atom is 0.00924 e. The molecule has 2 nitrogen and oxygen atoms in total. The minimum Gasteiger partial charge on any atom is -0.330 e. The number of nitrogens with zero attached hydrogens (tertiary/aromatic N) is 1. The SMILES string of the molecule is CC1CCC(N(C)CCCC(CCN)C(C)C)CC1. The molecule has 1 atom stereocenters. The molecule has 0 spiro atoms. The molecule has 0 aromatic heterocycles. The van der Waals surface area contributed by atoms with Gasteiger partial charge in [0.1, 0.15) is 0 Å². The van der Waals surface area contributed by atoms with Crippen LogP contribution < -0.4 is 5.73 Å². The standard InChI is InChI=1S/C17H36N2/c1-14(2)16(11-12-18)6-5-13-19(4)17-9-7-15(3)8-10-17/h14-17H,5-13,18H2,1-4H3. The van der Waals surface area contributed by atoms with E-state index in [2.05, 4.69) is 32.7 Å². The van der Waals surface area contributed by atoms with Crippen molar-refractivity contribution in [2.24, 2.45) is 23.5 Å². The van der Waals surface area contributed by atoms with E-state index < -0.39 is 0 Å². The van der Waals surface area contributed by atoms with Crippen molar-refractivity contribution in [3.05, 3.63) is 0 Å². The molecule has 0 amide bonds. The zero-order chi connectivity index (χ0) is 14.3. The van der Waals surface area contributed by atoms with E-state index >= 15 is 0 Å². The van der Waals surface area contributed by atoms with Gasteiger partial charge in [0.05, 0.1) is 0 Å². The molecular formula is C17H36N2. The summed E-state index contributed by atoms with van der Waals surface area (Å²) in [5, 5.41) is 0. The van der Waals surface area contributed by atoms with Gasteiger partial charge in [-0.2, -0.15) is 0 Å². The first-order chi connectivity index (χ1) is 9.04. The van der Waals surface area contributed by atoms with Crippen molar-refractivity contribution in [3.8, 4) is 0 Å². The van der Waals surface area contributed by atoms with Crippen LogP contribution in [0.1, 0.15) is 65.7 Å². The molecule has 1 aliphatic rings. The second kappa shape index (κ2) is 8.97. The zero-order valence-corrected chi connectivity index (χ0v) is 13.7. The fourth-order valence-corrected chi connectivity index (χ4v) is 3.49. The van der Waals surface area contributed by atoms with Gasteiger partial charge in [0.15, 0.2) is 0 Å². The van der Waals surface area contributed by atoms with Crippen LogP contribution in [0.25, 0.3) is 0 Å². The van der Waals surface area contributed by atoms with Gasteiger partial charge in [-0.3, -0.25) is 0 Å². The largest absolute Gasteiger partial charge is 0.330 e. The molecule has 0 bridgehead atoms. The first-order valence-corrected chi connectivity index (χ1v) is 8.44. The second-order valence-electron chi connectivity index (χ2n) is 7.12. The minimum absolute atomic E-state index is 0.782. The normalized spacial score (nSPS) is 26.1. The Hall–Kier alpha value is -0.0800. The van der Waals surface area contributed by atoms with Crippen LogP contribution in [-0.2, 0) is 0 Å². The predicted molar refractivity (Wildman–Crippen MR) is 85.3 cm³/mol. The van der Waals surface area contributed by atoms with Crippen LogP contribution in [0.3, 0.4) is 0 Å². The van der Waals surface area contributed by atoms with Crippen molar-refractivity contribution in [2.75, 3.05) is 20.1 Å². The van der Waals surface area contributed by atoms with E-state index in [9.17, 15) is 0 Å². The summed E-state index contributed by atoms with van der Waals surface area (Å²) >= 11 is 0. The summed E-state index contributed by atoms with van der Waals surface area (Å²) in [6.45, 7) is 9.20. The third-order valence-electron chi connectivity index (χ3n) is 5.17. The number of nitrogens with two attached hydrogens (primary N) is 1. The zero-order valence-electron chi connectivity index (χ0n) is 13.7. The maximum atomic E-state index is 5.72. The van der Waals surface area contributed by atoms with Crippen LogP contribution in [-0.4, -0.2) is 31.1 Å². The van der Waals surface area contributed by atoms with E-state index in [1.54, 1.807) is 0 Å². The van der Waals surface area contributed by atoms with Gasteiger partial charge in [-0.15, -0.1) is 0 Å². The van der Waals surface area contributed by atoms with Gasteiger partial charge in [-0.05, 0) is 82.8 Å². The molecule has 0 saturated heterocycles. The second-order valence-corrected chi connectivity index (χ2v) is 7.12. The summed E-state index contributed by atoms with van der Waals surface area (Å²) in [6.07, 6.45) is 9.56. The monoisotopic (exact) mass is 268 g/mol. The first-order valence-electron chi connectivity index (χ1n) is 8.44. The van der Waals surface area contributed by atoms with E-state index in [4.69, 9.17) is 5.73 Å². The lowest BCUT2D eigenvalue weighted by Crippen LogP contribution is -2.35. The predicted octanol–water partition coefficient (Wildman–Crippen LogP) is 3.90. The molecular weight excluding hydrogens is 232 g/mol. The van der Waals surface area contributed by atoms with Crippen LogP contribution >= 0.6 is 0 Å². The van der Waals surface area contributed by atoms with Crippen LogP contribution in [0.15, 0.2) is 0 Å². The topological polar surface area (TPSA) is 29.3 Å². The quantitative estimate of drug-likeness (QED) is 0.723. The molecule has 1 unspecified atom stereocenters. The van der Waals surface area contributed by atoms with Gasteiger partial charge in [0.2, 0.25) is 0 Å². The molecule has 2 heteroatoms. The van der Waals surface area contributed by atoms with E-state index in [0.717, 1.165) is 30.3 Å². The summed E-state index contributed by atoms with van der Waals surface area (Å²) in [5.41, 5.74) is 5.72. The molecule has 2 N–H and O–H groups in total. The van der Waals surface area contributed by atoms with E-state index in [0.29, 0.717) is 0 Å². The van der Waals surface area contributed by atoms with Crippen molar-refractivity contribution in [2.45, 2.75) is 71.8 Å². The average molecular weight is 268 g/mol. The van der Waals surface area contributed by atoms with E-state index in [-0.39, 0.29) is 0 Å². The van der Waals surface area contributed by atoms with Crippen molar-refractivity contribution >= 4 is 0 Å². The molecule has 19 heavy (non-hydrogen) atoms. The van der Waals surface area contributed by atoms with Crippen LogP contribution in [0.2, 0.25) is 0 Å². The van der Waals surface area contributed by atoms with Crippen LogP contribution in [0.5, 0.6) is 0 Å². The first kappa shape index (κ1) is 17.0. The number of hydrogen-bond acceptors (Lipinski definition) is 2. The molecule has 1 fully saturated rings. The lowest BCUT2D eigenvalue weighted by molar-refractivity contribution is 0.163. The van der Waals surface area contributed by atoms with Gasteiger partial charge >= 0.3 is 0 Å². The highest BCUT2D eigenvalue weighted by Crippen LogP contribution is 2.27. The lowest BCUT2D eigenvalue weighted by atomic mass is 9.86. The van der Waals surface area contributed by atoms with Crippen LogP contribution in [0, 0.1) is 17.8 Å². The van der Waals surface area contributed by atoms with Crippen molar-refractivity contribution in [1.82, 2.24) is 4.90 Å². The van der Waals surface area contributed by atoms with Crippen molar-refractivity contribution < 1.29 is 0 Å². The Balaban J connectivity index is 2.20. The smallest absolute Gasteiger partial charge is 0.00924 e. The molecule has 1 aliphatic carbocycles. The third kappa shape index (κ3) is 6.27. The van der Waals surface area contributed by atoms with Gasteiger partial charge < -0.3 is 10.6 Å². The summed E-state index contributed by atoms with van der Waals surface area (Å²) < 4.78 is 0. The lowest BCUT2D eigenvalue weighted by Gasteiger charge is -2.34. The minimum atomic E-state index is 0.782. The highest BCUT2D eigenvalue weighted by Gasteiger charge is 2.21. The molecule has 0 heterocycles. The Kier molecular flexibility index (Phi) is 8.01. The fraction of sp³-hybridized carbons (Fsp3) is 1.00. The Labute approximate surface area is 121 Å². The molecule has 1 rings (SSSR count). The van der Waals surface area contributed by atoms with Gasteiger partial charge in [-0.1, -0.05) is 20.8 Å².